The molecule has 5 nitrogen and oxygen atoms in total. The number of hydrogen-bond acceptors (Lipinski definition) is 5. The molecule has 0 radical (unpaired) electrons. The van der Waals surface area contributed by atoms with Gasteiger partial charge in [0.15, 0.2) is 9.84 Å². The van der Waals surface area contributed by atoms with E-state index in [-0.39, 0.29) is 28.2 Å². The van der Waals surface area contributed by atoms with Crippen molar-refractivity contribution >= 4 is 9.84 Å². The maximum atomic E-state index is 13.3. The molecule has 1 fully saturated rings. The van der Waals surface area contributed by atoms with Gasteiger partial charge in [0.1, 0.15) is 17.3 Å². The van der Waals surface area contributed by atoms with Crippen LogP contribution in [0.1, 0.15) is 72.5 Å². The molecular formula is C28H29FO5S. The van der Waals surface area contributed by atoms with Crippen LogP contribution in [0.25, 0.3) is 0 Å². The first-order valence-electron chi connectivity index (χ1n) is 12.3. The third-order valence-corrected chi connectivity index (χ3v) is 8.84. The lowest BCUT2D eigenvalue weighted by Crippen LogP contribution is -2.19. The van der Waals surface area contributed by atoms with Crippen molar-refractivity contribution in [2.45, 2.75) is 67.9 Å². The summed E-state index contributed by atoms with van der Waals surface area (Å²) in [4.78, 5) is 13.2. The molecule has 0 amide bonds. The summed E-state index contributed by atoms with van der Waals surface area (Å²) in [6, 6.07) is 12.0. The lowest BCUT2D eigenvalue weighted by Gasteiger charge is -2.22. The Morgan fingerprint density at radius 3 is 2.43 bits per heavy atom. The highest BCUT2D eigenvalue weighted by molar-refractivity contribution is 7.90. The van der Waals surface area contributed by atoms with E-state index >= 15 is 0 Å². The molecule has 1 aromatic heterocycles. The lowest BCUT2D eigenvalue weighted by molar-refractivity contribution is 0.382. The molecule has 184 valence electrons. The smallest absolute Gasteiger partial charge is 0.343 e. The summed E-state index contributed by atoms with van der Waals surface area (Å²) in [5, 5.41) is 11.3. The molecule has 2 aliphatic carbocycles. The molecule has 1 unspecified atom stereocenters. The van der Waals surface area contributed by atoms with Crippen LogP contribution in [0.15, 0.2) is 62.6 Å². The Morgan fingerprint density at radius 1 is 1.00 bits per heavy atom. The summed E-state index contributed by atoms with van der Waals surface area (Å²) in [7, 11) is -3.67. The van der Waals surface area contributed by atoms with E-state index in [0.29, 0.717) is 29.7 Å². The van der Waals surface area contributed by atoms with Crippen LogP contribution < -0.4 is 5.63 Å². The van der Waals surface area contributed by atoms with Crippen molar-refractivity contribution in [3.63, 3.8) is 0 Å². The van der Waals surface area contributed by atoms with Crippen molar-refractivity contribution in [1.29, 1.82) is 0 Å². The summed E-state index contributed by atoms with van der Waals surface area (Å²) < 4.78 is 44.8. The van der Waals surface area contributed by atoms with Gasteiger partial charge in [-0.3, -0.25) is 0 Å². The fourth-order valence-corrected chi connectivity index (χ4v) is 6.56. The zero-order valence-electron chi connectivity index (χ0n) is 19.5. The number of hydrogen-bond donors (Lipinski definition) is 1. The SMILES string of the molecule is O=c1oc2c(c(O)c1C(c1cccc(CS(=O)(=O)c3ccc(F)cc3)c1)C1CC1)CCCCCC2. The molecule has 2 aromatic carbocycles. The molecular weight excluding hydrogens is 467 g/mol. The average Bonchev–Trinajstić information content (AvgIpc) is 3.63. The molecule has 7 heteroatoms. The lowest BCUT2D eigenvalue weighted by atomic mass is 9.85. The number of aryl methyl sites for hydroxylation is 1. The van der Waals surface area contributed by atoms with Crippen molar-refractivity contribution < 1.29 is 22.3 Å². The quantitative estimate of drug-likeness (QED) is 0.445. The predicted octanol–water partition coefficient (Wildman–Crippen LogP) is 5.66. The van der Waals surface area contributed by atoms with Gasteiger partial charge in [0.2, 0.25) is 0 Å². The molecule has 1 saturated carbocycles. The van der Waals surface area contributed by atoms with Gasteiger partial charge >= 0.3 is 5.63 Å². The monoisotopic (exact) mass is 496 g/mol. The van der Waals surface area contributed by atoms with Crippen LogP contribution in [-0.4, -0.2) is 13.5 Å². The number of halogens is 1. The van der Waals surface area contributed by atoms with E-state index in [9.17, 15) is 22.7 Å². The summed E-state index contributed by atoms with van der Waals surface area (Å²) in [6.45, 7) is 0. The van der Waals surface area contributed by atoms with Gasteiger partial charge in [0, 0.05) is 17.9 Å². The Bertz CT molecular complexity index is 1390. The number of rotatable bonds is 6. The zero-order valence-corrected chi connectivity index (χ0v) is 20.3. The van der Waals surface area contributed by atoms with E-state index in [2.05, 4.69) is 0 Å². The second-order valence-electron chi connectivity index (χ2n) is 9.74. The number of sulfone groups is 1. The summed E-state index contributed by atoms with van der Waals surface area (Å²) in [6.07, 6.45) is 7.25. The highest BCUT2D eigenvalue weighted by atomic mass is 32.2. The molecule has 1 heterocycles. The standard InChI is InChI=1S/C28H29FO5S/c29-21-12-14-22(15-13-21)35(32,33)17-18-6-5-7-20(16-18)25(19-10-11-19)26-27(30)23-8-3-1-2-4-9-24(23)34-28(26)31/h5-7,12-16,19,25,30H,1-4,8-11,17H2. The molecule has 1 N–H and O–H groups in total. The molecule has 35 heavy (non-hydrogen) atoms. The highest BCUT2D eigenvalue weighted by Gasteiger charge is 2.38. The maximum Gasteiger partial charge on any atom is 0.343 e. The van der Waals surface area contributed by atoms with Gasteiger partial charge in [-0.05, 0) is 73.4 Å². The minimum absolute atomic E-state index is 0.0550. The van der Waals surface area contributed by atoms with E-state index in [0.717, 1.165) is 61.8 Å². The van der Waals surface area contributed by atoms with Crippen LogP contribution in [-0.2, 0) is 28.4 Å². The van der Waals surface area contributed by atoms with Gasteiger partial charge in [-0.1, -0.05) is 37.1 Å². The third-order valence-electron chi connectivity index (χ3n) is 7.14. The second kappa shape index (κ2) is 9.61. The molecule has 0 spiro atoms. The molecule has 0 bridgehead atoms. The molecule has 0 aliphatic heterocycles. The van der Waals surface area contributed by atoms with Crippen molar-refractivity contribution in [1.82, 2.24) is 0 Å². The van der Waals surface area contributed by atoms with Gasteiger partial charge < -0.3 is 9.52 Å². The van der Waals surface area contributed by atoms with Gasteiger partial charge in [0.25, 0.3) is 0 Å². The first-order valence-corrected chi connectivity index (χ1v) is 13.9. The summed E-state index contributed by atoms with van der Waals surface area (Å²) >= 11 is 0. The van der Waals surface area contributed by atoms with Crippen molar-refractivity contribution in [3.8, 4) is 5.75 Å². The number of fused-ring (bicyclic) bond motifs is 1. The molecule has 3 aromatic rings. The van der Waals surface area contributed by atoms with Gasteiger partial charge in [0.05, 0.1) is 16.2 Å². The van der Waals surface area contributed by atoms with E-state index < -0.39 is 21.3 Å². The molecule has 2 aliphatic rings. The first-order chi connectivity index (χ1) is 16.8. The van der Waals surface area contributed by atoms with Crippen LogP contribution in [0, 0.1) is 11.7 Å². The van der Waals surface area contributed by atoms with Crippen molar-refractivity contribution in [2.75, 3.05) is 0 Å². The van der Waals surface area contributed by atoms with Crippen LogP contribution in [0.2, 0.25) is 0 Å². The Morgan fingerprint density at radius 2 is 1.71 bits per heavy atom. The Balaban J connectivity index is 1.52. The van der Waals surface area contributed by atoms with Gasteiger partial charge in [-0.2, -0.15) is 0 Å². The molecule has 0 saturated heterocycles. The van der Waals surface area contributed by atoms with E-state index in [1.54, 1.807) is 18.2 Å². The third kappa shape index (κ3) is 5.06. The van der Waals surface area contributed by atoms with E-state index in [1.807, 2.05) is 6.07 Å². The molecule has 1 atom stereocenters. The molecule has 5 rings (SSSR count). The van der Waals surface area contributed by atoms with E-state index in [4.69, 9.17) is 4.42 Å². The van der Waals surface area contributed by atoms with Crippen molar-refractivity contribution in [3.05, 3.63) is 92.8 Å². The maximum absolute atomic E-state index is 13.3. The summed E-state index contributed by atoms with van der Waals surface area (Å²) in [5.41, 5.74) is 1.92. The fourth-order valence-electron chi connectivity index (χ4n) is 5.22. The zero-order chi connectivity index (χ0) is 24.6. The minimum Gasteiger partial charge on any atom is -0.507 e. The fraction of sp³-hybridized carbons (Fsp3) is 0.393. The van der Waals surface area contributed by atoms with Crippen LogP contribution in [0.3, 0.4) is 0 Å². The second-order valence-corrected chi connectivity index (χ2v) is 11.7. The summed E-state index contributed by atoms with van der Waals surface area (Å²) in [5.74, 6) is -0.235. The largest absolute Gasteiger partial charge is 0.507 e. The number of aromatic hydroxyl groups is 1. The van der Waals surface area contributed by atoms with Gasteiger partial charge in [-0.25, -0.2) is 17.6 Å². The predicted molar refractivity (Wildman–Crippen MR) is 131 cm³/mol. The Labute approximate surface area is 204 Å². The van der Waals surface area contributed by atoms with Crippen LogP contribution in [0.4, 0.5) is 4.39 Å². The average molecular weight is 497 g/mol. The van der Waals surface area contributed by atoms with Crippen LogP contribution >= 0.6 is 0 Å². The van der Waals surface area contributed by atoms with Crippen molar-refractivity contribution in [2.24, 2.45) is 5.92 Å². The Kier molecular flexibility index (Phi) is 6.53. The first kappa shape index (κ1) is 23.8. The minimum atomic E-state index is -3.67. The number of benzene rings is 2. The van der Waals surface area contributed by atoms with Crippen LogP contribution in [0.5, 0.6) is 5.75 Å². The topological polar surface area (TPSA) is 84.6 Å². The normalized spacial score (nSPS) is 17.3. The highest BCUT2D eigenvalue weighted by Crippen LogP contribution is 2.48. The van der Waals surface area contributed by atoms with Gasteiger partial charge in [-0.15, -0.1) is 0 Å². The van der Waals surface area contributed by atoms with E-state index in [1.165, 1.54) is 12.1 Å². The Hall–Kier alpha value is -2.93.